The van der Waals surface area contributed by atoms with Gasteiger partial charge in [0.1, 0.15) is 0 Å². The van der Waals surface area contributed by atoms with E-state index in [2.05, 4.69) is 4.90 Å². The molecule has 0 spiro atoms. The molecule has 112 valence electrons. The minimum atomic E-state index is -2.40. The highest BCUT2D eigenvalue weighted by molar-refractivity contribution is 5.23. The van der Waals surface area contributed by atoms with E-state index in [1.54, 1.807) is 19.2 Å². The Morgan fingerprint density at radius 1 is 1.35 bits per heavy atom. The smallest absolute Gasteiger partial charge is 0.263 e. The van der Waals surface area contributed by atoms with Crippen LogP contribution in [0.3, 0.4) is 0 Å². The van der Waals surface area contributed by atoms with E-state index in [1.807, 2.05) is 0 Å². The number of ether oxygens (including phenoxy) is 1. The molecule has 5 heteroatoms. The molecule has 0 aliphatic carbocycles. The fraction of sp³-hybridized carbons (Fsp3) is 0.600. The van der Waals surface area contributed by atoms with Crippen molar-refractivity contribution in [2.75, 3.05) is 20.2 Å². The van der Waals surface area contributed by atoms with Gasteiger partial charge in [-0.3, -0.25) is 4.90 Å². The van der Waals surface area contributed by atoms with Crippen molar-refractivity contribution in [3.8, 4) is 0 Å². The predicted octanol–water partition coefficient (Wildman–Crippen LogP) is 2.56. The van der Waals surface area contributed by atoms with Crippen LogP contribution in [0.2, 0.25) is 0 Å². The van der Waals surface area contributed by atoms with Crippen molar-refractivity contribution in [2.45, 2.75) is 38.0 Å². The average molecular weight is 284 g/mol. The highest BCUT2D eigenvalue weighted by Crippen LogP contribution is 2.23. The molecule has 1 aliphatic rings. The van der Waals surface area contributed by atoms with Crippen molar-refractivity contribution in [1.29, 1.82) is 0 Å². The molecule has 3 nitrogen and oxygen atoms in total. The van der Waals surface area contributed by atoms with Crippen molar-refractivity contribution in [2.24, 2.45) is 5.73 Å². The topological polar surface area (TPSA) is 38.5 Å². The minimum Gasteiger partial charge on any atom is -0.381 e. The number of nitrogens with two attached hydrogens (primary N) is 1. The van der Waals surface area contributed by atoms with Crippen LogP contribution in [0, 0.1) is 0 Å². The number of hydrogen-bond acceptors (Lipinski definition) is 3. The fourth-order valence-electron chi connectivity index (χ4n) is 2.73. The van der Waals surface area contributed by atoms with Crippen LogP contribution in [0.25, 0.3) is 0 Å². The van der Waals surface area contributed by atoms with E-state index in [0.717, 1.165) is 31.5 Å². The van der Waals surface area contributed by atoms with Gasteiger partial charge in [-0.15, -0.1) is 0 Å². The third kappa shape index (κ3) is 3.75. The predicted molar refractivity (Wildman–Crippen MR) is 74.7 cm³/mol. The Hall–Kier alpha value is -1.04. The molecule has 2 unspecified atom stereocenters. The monoisotopic (exact) mass is 284 g/mol. The van der Waals surface area contributed by atoms with Gasteiger partial charge < -0.3 is 10.5 Å². The normalized spacial score (nSPS) is 24.2. The van der Waals surface area contributed by atoms with Gasteiger partial charge >= 0.3 is 0 Å². The third-order valence-corrected chi connectivity index (χ3v) is 4.01. The van der Waals surface area contributed by atoms with Crippen LogP contribution in [0.4, 0.5) is 8.78 Å². The van der Waals surface area contributed by atoms with Crippen molar-refractivity contribution in [3.63, 3.8) is 0 Å². The zero-order valence-corrected chi connectivity index (χ0v) is 11.8. The Morgan fingerprint density at radius 2 is 2.05 bits per heavy atom. The standard InChI is InChI=1S/C15H22F2N2O/c1-20-14-6-7-19(13(8-14)9-18)10-11-2-4-12(5-3-11)15(16)17/h2-5,13-15H,6-10,18H2,1H3. The maximum atomic E-state index is 12.5. The number of benzene rings is 1. The molecule has 2 atom stereocenters. The summed E-state index contributed by atoms with van der Waals surface area (Å²) in [5.74, 6) is 0. The SMILES string of the molecule is COC1CCN(Cc2ccc(C(F)F)cc2)C(CN)C1. The summed E-state index contributed by atoms with van der Waals surface area (Å²) in [5, 5.41) is 0. The Kier molecular flexibility index (Phi) is 5.46. The van der Waals surface area contributed by atoms with Crippen LogP contribution in [0.5, 0.6) is 0 Å². The van der Waals surface area contributed by atoms with Crippen LogP contribution < -0.4 is 5.73 Å². The molecular formula is C15H22F2N2O. The Labute approximate surface area is 118 Å². The van der Waals surface area contributed by atoms with Crippen LogP contribution in [0.1, 0.15) is 30.4 Å². The first-order chi connectivity index (χ1) is 9.63. The molecule has 1 aliphatic heterocycles. The summed E-state index contributed by atoms with van der Waals surface area (Å²) in [6.45, 7) is 2.27. The zero-order valence-electron chi connectivity index (χ0n) is 11.8. The highest BCUT2D eigenvalue weighted by atomic mass is 19.3. The quantitative estimate of drug-likeness (QED) is 0.903. The van der Waals surface area contributed by atoms with Gasteiger partial charge in [0.05, 0.1) is 6.10 Å². The summed E-state index contributed by atoms with van der Waals surface area (Å²) in [4.78, 5) is 2.31. The van der Waals surface area contributed by atoms with Gasteiger partial charge in [0.25, 0.3) is 6.43 Å². The summed E-state index contributed by atoms with van der Waals surface area (Å²) in [6, 6.07) is 6.84. The largest absolute Gasteiger partial charge is 0.381 e. The molecule has 1 fully saturated rings. The summed E-state index contributed by atoms with van der Waals surface area (Å²) in [6.07, 6.45) is -0.205. The molecule has 2 N–H and O–H groups in total. The lowest BCUT2D eigenvalue weighted by Gasteiger charge is -2.38. The van der Waals surface area contributed by atoms with Gasteiger partial charge in [-0.2, -0.15) is 0 Å². The molecule has 20 heavy (non-hydrogen) atoms. The number of methoxy groups -OCH3 is 1. The lowest BCUT2D eigenvalue weighted by molar-refractivity contribution is 0.0102. The van der Waals surface area contributed by atoms with Crippen LogP contribution in [-0.2, 0) is 11.3 Å². The van der Waals surface area contributed by atoms with Crippen LogP contribution >= 0.6 is 0 Å². The number of halogens is 2. The van der Waals surface area contributed by atoms with Gasteiger partial charge in [-0.25, -0.2) is 8.78 Å². The van der Waals surface area contributed by atoms with E-state index >= 15 is 0 Å². The van der Waals surface area contributed by atoms with Gasteiger partial charge in [-0.1, -0.05) is 24.3 Å². The third-order valence-electron chi connectivity index (χ3n) is 4.01. The second-order valence-electron chi connectivity index (χ2n) is 5.28. The number of piperidine rings is 1. The fourth-order valence-corrected chi connectivity index (χ4v) is 2.73. The number of likely N-dealkylation sites (tertiary alicyclic amines) is 1. The molecular weight excluding hydrogens is 262 g/mol. The van der Waals surface area contributed by atoms with Crippen LogP contribution in [-0.4, -0.2) is 37.2 Å². The number of alkyl halides is 2. The molecule has 0 amide bonds. The van der Waals surface area contributed by atoms with Gasteiger partial charge in [0.15, 0.2) is 0 Å². The number of rotatable bonds is 5. The summed E-state index contributed by atoms with van der Waals surface area (Å²) in [5.41, 5.74) is 6.95. The first kappa shape index (κ1) is 15.4. The lowest BCUT2D eigenvalue weighted by Crippen LogP contribution is -2.47. The number of hydrogen-bond donors (Lipinski definition) is 1. The first-order valence-electron chi connectivity index (χ1n) is 6.98. The van der Waals surface area contributed by atoms with Gasteiger partial charge in [0, 0.05) is 38.3 Å². The van der Waals surface area contributed by atoms with Crippen molar-refractivity contribution in [3.05, 3.63) is 35.4 Å². The highest BCUT2D eigenvalue weighted by Gasteiger charge is 2.27. The van der Waals surface area contributed by atoms with Crippen molar-refractivity contribution < 1.29 is 13.5 Å². The summed E-state index contributed by atoms with van der Waals surface area (Å²) < 4.78 is 30.4. The maximum Gasteiger partial charge on any atom is 0.263 e. The Morgan fingerprint density at radius 3 is 2.60 bits per heavy atom. The second kappa shape index (κ2) is 7.11. The van der Waals surface area contributed by atoms with E-state index in [0.29, 0.717) is 12.6 Å². The lowest BCUT2D eigenvalue weighted by atomic mass is 9.98. The molecule has 0 saturated carbocycles. The zero-order chi connectivity index (χ0) is 14.5. The van der Waals surface area contributed by atoms with E-state index in [9.17, 15) is 8.78 Å². The molecule has 0 aromatic heterocycles. The van der Waals surface area contributed by atoms with Gasteiger partial charge in [0.2, 0.25) is 0 Å². The minimum absolute atomic E-state index is 0.0715. The average Bonchev–Trinajstić information content (AvgIpc) is 2.48. The molecule has 1 heterocycles. The van der Waals surface area contributed by atoms with E-state index < -0.39 is 6.43 Å². The number of nitrogens with zero attached hydrogens (tertiary/aromatic N) is 1. The molecule has 1 aromatic carbocycles. The van der Waals surface area contributed by atoms with E-state index in [1.165, 1.54) is 12.1 Å². The summed E-state index contributed by atoms with van der Waals surface area (Å²) >= 11 is 0. The first-order valence-corrected chi connectivity index (χ1v) is 6.98. The molecule has 1 aromatic rings. The Balaban J connectivity index is 1.98. The molecule has 0 bridgehead atoms. The molecule has 2 rings (SSSR count). The summed E-state index contributed by atoms with van der Waals surface area (Å²) in [7, 11) is 1.73. The molecule has 0 radical (unpaired) electrons. The molecule has 1 saturated heterocycles. The van der Waals surface area contributed by atoms with Crippen molar-refractivity contribution in [1.82, 2.24) is 4.90 Å². The second-order valence-corrected chi connectivity index (χ2v) is 5.28. The van der Waals surface area contributed by atoms with E-state index in [4.69, 9.17) is 10.5 Å². The van der Waals surface area contributed by atoms with Crippen LogP contribution in [0.15, 0.2) is 24.3 Å². The van der Waals surface area contributed by atoms with Gasteiger partial charge in [-0.05, 0) is 18.4 Å². The maximum absolute atomic E-state index is 12.5. The van der Waals surface area contributed by atoms with Crippen molar-refractivity contribution >= 4 is 0 Å². The Bertz CT molecular complexity index is 411. The van der Waals surface area contributed by atoms with E-state index in [-0.39, 0.29) is 11.7 Å².